The highest BCUT2D eigenvalue weighted by Crippen LogP contribution is 2.32. The summed E-state index contributed by atoms with van der Waals surface area (Å²) in [5.41, 5.74) is 0.937. The summed E-state index contributed by atoms with van der Waals surface area (Å²) in [5.74, 6) is -0.168. The van der Waals surface area contributed by atoms with Gasteiger partial charge in [-0.25, -0.2) is 0 Å². The molecule has 0 radical (unpaired) electrons. The number of benzene rings is 2. The summed E-state index contributed by atoms with van der Waals surface area (Å²) in [5, 5.41) is 36.7. The van der Waals surface area contributed by atoms with Crippen molar-refractivity contribution in [3.8, 4) is 23.0 Å². The summed E-state index contributed by atoms with van der Waals surface area (Å²) in [7, 11) is 1.57. The molecule has 104 valence electrons. The number of nitrogens with one attached hydrogen (secondary N) is 1. The molecule has 5 heteroatoms. The van der Waals surface area contributed by atoms with Gasteiger partial charge >= 0.3 is 0 Å². The molecule has 2 aromatic carbocycles. The first kappa shape index (κ1) is 13.7. The van der Waals surface area contributed by atoms with Crippen molar-refractivity contribution in [2.24, 2.45) is 0 Å². The van der Waals surface area contributed by atoms with Gasteiger partial charge in [-0.15, -0.1) is 0 Å². The van der Waals surface area contributed by atoms with Gasteiger partial charge in [0, 0.05) is 18.6 Å². The highest BCUT2D eigenvalue weighted by molar-refractivity contribution is 6.04. The van der Waals surface area contributed by atoms with Crippen LogP contribution in [-0.4, -0.2) is 28.1 Å². The van der Waals surface area contributed by atoms with Crippen molar-refractivity contribution in [1.82, 2.24) is 0 Å². The molecule has 0 fully saturated rings. The van der Waals surface area contributed by atoms with E-state index in [-0.39, 0.29) is 34.9 Å². The minimum Gasteiger partial charge on any atom is -0.508 e. The molecule has 0 spiro atoms. The van der Waals surface area contributed by atoms with E-state index in [1.807, 2.05) is 12.1 Å². The zero-order valence-corrected chi connectivity index (χ0v) is 10.9. The summed E-state index contributed by atoms with van der Waals surface area (Å²) in [6.45, 7) is 0. The molecule has 4 N–H and O–H groups in total. The van der Waals surface area contributed by atoms with Crippen LogP contribution in [-0.2, 0) is 6.42 Å². The number of aromatic hydroxyl groups is 3. The summed E-state index contributed by atoms with van der Waals surface area (Å²) in [6.07, 6.45) is 0.246. The van der Waals surface area contributed by atoms with E-state index in [2.05, 4.69) is 0 Å². The van der Waals surface area contributed by atoms with Crippen LogP contribution in [0.1, 0.15) is 11.1 Å². The van der Waals surface area contributed by atoms with Crippen LogP contribution >= 0.6 is 0 Å². The normalized spacial score (nSPS) is 10.2. The predicted octanol–water partition coefficient (Wildman–Crippen LogP) is 2.42. The van der Waals surface area contributed by atoms with E-state index in [1.54, 1.807) is 19.2 Å². The maximum absolute atomic E-state index is 9.72. The molecule has 0 unspecified atom stereocenters. The molecule has 0 saturated heterocycles. The average Bonchev–Trinajstić information content (AvgIpc) is 2.38. The molecule has 0 atom stereocenters. The number of ether oxygens (including phenoxy) is 1. The zero-order chi connectivity index (χ0) is 14.7. The van der Waals surface area contributed by atoms with E-state index in [9.17, 15) is 15.3 Å². The van der Waals surface area contributed by atoms with Crippen molar-refractivity contribution in [3.63, 3.8) is 0 Å². The second-order valence-electron chi connectivity index (χ2n) is 4.36. The molecule has 0 aliphatic carbocycles. The Kier molecular flexibility index (Phi) is 3.79. The number of phenolic OH excluding ortho intramolecular Hbond substituents is 3. The SMILES string of the molecule is COc1ccc(CC(=N)c2c(O)cc(O)cc2O)cc1. The Hall–Kier alpha value is -2.69. The summed E-state index contributed by atoms with van der Waals surface area (Å²) in [6, 6.07) is 9.36. The Labute approximate surface area is 116 Å². The lowest BCUT2D eigenvalue weighted by molar-refractivity contribution is 0.414. The van der Waals surface area contributed by atoms with E-state index in [4.69, 9.17) is 10.1 Å². The maximum Gasteiger partial charge on any atom is 0.132 e. The molecule has 2 rings (SSSR count). The topological polar surface area (TPSA) is 93.8 Å². The number of methoxy groups -OCH3 is 1. The van der Waals surface area contributed by atoms with Gasteiger partial charge in [0.1, 0.15) is 23.0 Å². The van der Waals surface area contributed by atoms with Crippen molar-refractivity contribution in [2.45, 2.75) is 6.42 Å². The fourth-order valence-electron chi connectivity index (χ4n) is 1.94. The van der Waals surface area contributed by atoms with Crippen LogP contribution in [0.5, 0.6) is 23.0 Å². The molecule has 0 aliphatic rings. The molecule has 5 nitrogen and oxygen atoms in total. The minimum atomic E-state index is -0.319. The van der Waals surface area contributed by atoms with Crippen LogP contribution in [0.3, 0.4) is 0 Å². The predicted molar refractivity (Wildman–Crippen MR) is 75.0 cm³/mol. The third kappa shape index (κ3) is 2.83. The van der Waals surface area contributed by atoms with Gasteiger partial charge in [-0.2, -0.15) is 0 Å². The quantitative estimate of drug-likeness (QED) is 0.643. The molecule has 0 amide bonds. The van der Waals surface area contributed by atoms with Gasteiger partial charge in [0.25, 0.3) is 0 Å². The van der Waals surface area contributed by atoms with E-state index in [1.165, 1.54) is 0 Å². The highest BCUT2D eigenvalue weighted by Gasteiger charge is 2.15. The van der Waals surface area contributed by atoms with Gasteiger partial charge in [-0.3, -0.25) is 0 Å². The molecular formula is C15H15NO4. The largest absolute Gasteiger partial charge is 0.508 e. The molecule has 0 saturated carbocycles. The third-order valence-corrected chi connectivity index (χ3v) is 2.92. The number of hydrogen-bond donors (Lipinski definition) is 4. The lowest BCUT2D eigenvalue weighted by atomic mass is 10.0. The first-order chi connectivity index (χ1) is 9.51. The first-order valence-corrected chi connectivity index (χ1v) is 5.97. The molecule has 20 heavy (non-hydrogen) atoms. The first-order valence-electron chi connectivity index (χ1n) is 5.97. The Morgan fingerprint density at radius 1 is 1.05 bits per heavy atom. The van der Waals surface area contributed by atoms with Gasteiger partial charge in [-0.1, -0.05) is 12.1 Å². The average molecular weight is 273 g/mol. The van der Waals surface area contributed by atoms with Crippen LogP contribution in [0.25, 0.3) is 0 Å². The molecule has 2 aromatic rings. The Morgan fingerprint density at radius 3 is 2.10 bits per heavy atom. The van der Waals surface area contributed by atoms with Crippen LogP contribution in [0.15, 0.2) is 36.4 Å². The van der Waals surface area contributed by atoms with E-state index < -0.39 is 0 Å². The van der Waals surface area contributed by atoms with Gasteiger partial charge in [0.2, 0.25) is 0 Å². The standard InChI is InChI=1S/C15H15NO4/c1-20-11-4-2-9(3-5-11)6-12(16)15-13(18)7-10(17)8-14(15)19/h2-5,7-8,16-19H,6H2,1H3. The van der Waals surface area contributed by atoms with Crippen LogP contribution in [0, 0.1) is 5.41 Å². The fraction of sp³-hybridized carbons (Fsp3) is 0.133. The van der Waals surface area contributed by atoms with Crippen LogP contribution in [0.4, 0.5) is 0 Å². The molecular weight excluding hydrogens is 258 g/mol. The van der Waals surface area contributed by atoms with Crippen LogP contribution < -0.4 is 4.74 Å². The number of rotatable bonds is 4. The Bertz CT molecular complexity index is 612. The summed E-state index contributed by atoms with van der Waals surface area (Å²) < 4.78 is 5.05. The number of hydrogen-bond acceptors (Lipinski definition) is 5. The third-order valence-electron chi connectivity index (χ3n) is 2.92. The van der Waals surface area contributed by atoms with Gasteiger partial charge < -0.3 is 25.5 Å². The van der Waals surface area contributed by atoms with Gasteiger partial charge in [-0.05, 0) is 17.7 Å². The lowest BCUT2D eigenvalue weighted by Gasteiger charge is -2.10. The van der Waals surface area contributed by atoms with Gasteiger partial charge in [0.15, 0.2) is 0 Å². The van der Waals surface area contributed by atoms with Crippen molar-refractivity contribution in [2.75, 3.05) is 7.11 Å². The molecule has 0 bridgehead atoms. The zero-order valence-electron chi connectivity index (χ0n) is 10.9. The minimum absolute atomic E-state index is 0.0265. The Morgan fingerprint density at radius 2 is 1.60 bits per heavy atom. The second-order valence-corrected chi connectivity index (χ2v) is 4.36. The molecule has 0 aromatic heterocycles. The summed E-state index contributed by atoms with van der Waals surface area (Å²) in [4.78, 5) is 0. The van der Waals surface area contributed by atoms with Crippen molar-refractivity contribution in [1.29, 1.82) is 5.41 Å². The van der Waals surface area contributed by atoms with Crippen molar-refractivity contribution >= 4 is 5.71 Å². The van der Waals surface area contributed by atoms with Crippen molar-refractivity contribution < 1.29 is 20.1 Å². The monoisotopic (exact) mass is 273 g/mol. The lowest BCUT2D eigenvalue weighted by Crippen LogP contribution is -2.04. The molecule has 0 heterocycles. The highest BCUT2D eigenvalue weighted by atomic mass is 16.5. The van der Waals surface area contributed by atoms with Gasteiger partial charge in [0.05, 0.1) is 18.4 Å². The maximum atomic E-state index is 9.72. The number of phenols is 3. The van der Waals surface area contributed by atoms with Crippen molar-refractivity contribution in [3.05, 3.63) is 47.5 Å². The second kappa shape index (κ2) is 5.52. The molecule has 0 aliphatic heterocycles. The Balaban J connectivity index is 2.23. The fourth-order valence-corrected chi connectivity index (χ4v) is 1.94. The van der Waals surface area contributed by atoms with E-state index >= 15 is 0 Å². The van der Waals surface area contributed by atoms with E-state index in [0.717, 1.165) is 23.4 Å². The van der Waals surface area contributed by atoms with Crippen LogP contribution in [0.2, 0.25) is 0 Å². The summed E-state index contributed by atoms with van der Waals surface area (Å²) >= 11 is 0. The smallest absolute Gasteiger partial charge is 0.132 e. The van der Waals surface area contributed by atoms with E-state index in [0.29, 0.717) is 0 Å².